The highest BCUT2D eigenvalue weighted by Gasteiger charge is 2.34. The third-order valence-electron chi connectivity index (χ3n) is 5.00. The Balaban J connectivity index is 1.78. The second kappa shape index (κ2) is 7.31. The molecule has 132 valence electrons. The number of hydrogen-bond acceptors (Lipinski definition) is 4. The normalized spacial score (nSPS) is 27.5. The number of rotatable bonds is 3. The van der Waals surface area contributed by atoms with E-state index in [1.807, 2.05) is 12.1 Å². The van der Waals surface area contributed by atoms with Crippen molar-refractivity contribution in [2.45, 2.75) is 51.7 Å². The molecule has 0 amide bonds. The van der Waals surface area contributed by atoms with Crippen molar-refractivity contribution in [3.05, 3.63) is 22.2 Å². The fourth-order valence-electron chi connectivity index (χ4n) is 3.68. The second-order valence-corrected chi connectivity index (χ2v) is 7.67. The van der Waals surface area contributed by atoms with Gasteiger partial charge in [0.25, 0.3) is 0 Å². The molecule has 0 bridgehead atoms. The number of carboxylic acid groups (broad SMARTS) is 1. The number of fused-ring (bicyclic) bond motifs is 1. The molecule has 2 heterocycles. The van der Waals surface area contributed by atoms with Crippen LogP contribution in [0.2, 0.25) is 0 Å². The molecule has 1 saturated heterocycles. The summed E-state index contributed by atoms with van der Waals surface area (Å²) >= 11 is 3.65. The standard InChI is InChI=1S/C18H24BrNO4/c1-11-6-13(18(21)22)7-12(2)20(11)10-14-8-16-17(9-15(14)19)24-5-3-4-23-16/h8-9,11-13H,3-7,10H2,1-2H3,(H,21,22). The van der Waals surface area contributed by atoms with Crippen LogP contribution in [-0.2, 0) is 11.3 Å². The summed E-state index contributed by atoms with van der Waals surface area (Å²) in [6, 6.07) is 4.50. The molecular weight excluding hydrogens is 374 g/mol. The van der Waals surface area contributed by atoms with Gasteiger partial charge in [-0.25, -0.2) is 0 Å². The lowest BCUT2D eigenvalue weighted by atomic mass is 9.87. The predicted molar refractivity (Wildman–Crippen MR) is 94.6 cm³/mol. The first-order chi connectivity index (χ1) is 11.5. The number of carbonyl (C=O) groups is 1. The van der Waals surface area contributed by atoms with Crippen molar-refractivity contribution in [2.75, 3.05) is 13.2 Å². The SMILES string of the molecule is CC1CC(C(=O)O)CC(C)N1Cc1cc2c(cc1Br)OCCCO2. The van der Waals surface area contributed by atoms with Crippen LogP contribution in [0.1, 0.15) is 38.7 Å². The molecule has 0 spiro atoms. The summed E-state index contributed by atoms with van der Waals surface area (Å²) in [5.41, 5.74) is 1.15. The van der Waals surface area contributed by atoms with Crippen LogP contribution in [0.5, 0.6) is 11.5 Å². The number of nitrogens with zero attached hydrogens (tertiary/aromatic N) is 1. The molecule has 2 unspecified atom stereocenters. The van der Waals surface area contributed by atoms with Crippen molar-refractivity contribution in [2.24, 2.45) is 5.92 Å². The maximum absolute atomic E-state index is 11.3. The first-order valence-corrected chi connectivity index (χ1v) is 9.31. The maximum atomic E-state index is 11.3. The molecule has 0 aromatic heterocycles. The molecule has 1 N–H and O–H groups in total. The van der Waals surface area contributed by atoms with Crippen molar-refractivity contribution < 1.29 is 19.4 Å². The Bertz CT molecular complexity index is 609. The summed E-state index contributed by atoms with van der Waals surface area (Å²) in [4.78, 5) is 13.7. The lowest BCUT2D eigenvalue weighted by Crippen LogP contribution is -2.47. The van der Waals surface area contributed by atoms with Gasteiger partial charge in [0.15, 0.2) is 11.5 Å². The third kappa shape index (κ3) is 3.70. The third-order valence-corrected chi connectivity index (χ3v) is 5.74. The Morgan fingerprint density at radius 2 is 1.79 bits per heavy atom. The van der Waals surface area contributed by atoms with Crippen molar-refractivity contribution in [3.63, 3.8) is 0 Å². The molecule has 2 atom stereocenters. The van der Waals surface area contributed by atoms with Crippen LogP contribution in [-0.4, -0.2) is 41.3 Å². The van der Waals surface area contributed by atoms with Crippen LogP contribution in [0.15, 0.2) is 16.6 Å². The topological polar surface area (TPSA) is 59.0 Å². The van der Waals surface area contributed by atoms with E-state index in [1.165, 1.54) is 0 Å². The molecule has 24 heavy (non-hydrogen) atoms. The molecular formula is C18H24BrNO4. The Hall–Kier alpha value is -1.27. The van der Waals surface area contributed by atoms with Crippen LogP contribution < -0.4 is 9.47 Å². The van der Waals surface area contributed by atoms with Gasteiger partial charge in [-0.3, -0.25) is 9.69 Å². The van der Waals surface area contributed by atoms with Crippen molar-refractivity contribution in [1.82, 2.24) is 4.90 Å². The maximum Gasteiger partial charge on any atom is 0.306 e. The minimum atomic E-state index is -0.676. The minimum Gasteiger partial charge on any atom is -0.490 e. The molecule has 6 heteroatoms. The Kier molecular flexibility index (Phi) is 5.35. The van der Waals surface area contributed by atoms with Gasteiger partial charge in [-0.1, -0.05) is 15.9 Å². The quantitative estimate of drug-likeness (QED) is 0.842. The molecule has 0 aliphatic carbocycles. The Morgan fingerprint density at radius 1 is 1.21 bits per heavy atom. The zero-order chi connectivity index (χ0) is 17.3. The molecule has 5 nitrogen and oxygen atoms in total. The van der Waals surface area contributed by atoms with E-state index in [2.05, 4.69) is 34.7 Å². The highest BCUT2D eigenvalue weighted by Crippen LogP contribution is 2.37. The zero-order valence-corrected chi connectivity index (χ0v) is 15.7. The van der Waals surface area contributed by atoms with E-state index >= 15 is 0 Å². The summed E-state index contributed by atoms with van der Waals surface area (Å²) in [7, 11) is 0. The first kappa shape index (κ1) is 17.5. The zero-order valence-electron chi connectivity index (χ0n) is 14.1. The number of halogens is 1. The average molecular weight is 398 g/mol. The van der Waals surface area contributed by atoms with Crippen LogP contribution in [0.25, 0.3) is 0 Å². The summed E-state index contributed by atoms with van der Waals surface area (Å²) in [6.07, 6.45) is 2.28. The number of benzene rings is 1. The van der Waals surface area contributed by atoms with Gasteiger partial charge in [0, 0.05) is 29.5 Å². The van der Waals surface area contributed by atoms with E-state index in [9.17, 15) is 9.90 Å². The van der Waals surface area contributed by atoms with Crippen LogP contribution in [0.4, 0.5) is 0 Å². The van der Waals surface area contributed by atoms with Gasteiger partial charge in [0.1, 0.15) is 0 Å². The molecule has 1 aromatic rings. The average Bonchev–Trinajstić information content (AvgIpc) is 2.75. The van der Waals surface area contributed by atoms with Gasteiger partial charge in [0.2, 0.25) is 0 Å². The van der Waals surface area contributed by atoms with E-state index in [0.29, 0.717) is 26.1 Å². The fraction of sp³-hybridized carbons (Fsp3) is 0.611. The number of piperidine rings is 1. The summed E-state index contributed by atoms with van der Waals surface area (Å²) in [6.45, 7) is 6.34. The molecule has 2 aliphatic rings. The van der Waals surface area contributed by atoms with Crippen molar-refractivity contribution in [3.8, 4) is 11.5 Å². The Labute approximate surface area is 151 Å². The number of likely N-dealkylation sites (tertiary alicyclic amines) is 1. The smallest absolute Gasteiger partial charge is 0.306 e. The lowest BCUT2D eigenvalue weighted by Gasteiger charge is -2.41. The van der Waals surface area contributed by atoms with Crippen LogP contribution in [0.3, 0.4) is 0 Å². The van der Waals surface area contributed by atoms with Gasteiger partial charge in [-0.2, -0.15) is 0 Å². The van der Waals surface area contributed by atoms with Crippen molar-refractivity contribution in [1.29, 1.82) is 0 Å². The van der Waals surface area contributed by atoms with Gasteiger partial charge in [-0.15, -0.1) is 0 Å². The van der Waals surface area contributed by atoms with Crippen LogP contribution >= 0.6 is 15.9 Å². The molecule has 1 aromatic carbocycles. The van der Waals surface area contributed by atoms with E-state index < -0.39 is 5.97 Å². The Morgan fingerprint density at radius 3 is 2.38 bits per heavy atom. The molecule has 3 rings (SSSR count). The van der Waals surface area contributed by atoms with Crippen molar-refractivity contribution >= 4 is 21.9 Å². The second-order valence-electron chi connectivity index (χ2n) is 6.82. The number of ether oxygens (including phenoxy) is 2. The molecule has 0 radical (unpaired) electrons. The highest BCUT2D eigenvalue weighted by atomic mass is 79.9. The fourth-order valence-corrected chi connectivity index (χ4v) is 4.13. The van der Waals surface area contributed by atoms with E-state index in [4.69, 9.17) is 9.47 Å². The predicted octanol–water partition coefficient (Wildman–Crippen LogP) is 3.68. The van der Waals surface area contributed by atoms with E-state index in [1.54, 1.807) is 0 Å². The summed E-state index contributed by atoms with van der Waals surface area (Å²) < 4.78 is 12.5. The minimum absolute atomic E-state index is 0.234. The van der Waals surface area contributed by atoms with Gasteiger partial charge >= 0.3 is 5.97 Å². The highest BCUT2D eigenvalue weighted by molar-refractivity contribution is 9.10. The number of hydrogen-bond donors (Lipinski definition) is 1. The largest absolute Gasteiger partial charge is 0.490 e. The summed E-state index contributed by atoms with van der Waals surface area (Å²) in [5, 5.41) is 9.30. The summed E-state index contributed by atoms with van der Waals surface area (Å²) in [5.74, 6) is 0.670. The number of aliphatic carboxylic acids is 1. The van der Waals surface area contributed by atoms with E-state index in [0.717, 1.165) is 34.5 Å². The number of carboxylic acids is 1. The van der Waals surface area contributed by atoms with Gasteiger partial charge in [0.05, 0.1) is 19.1 Å². The molecule has 1 fully saturated rings. The lowest BCUT2D eigenvalue weighted by molar-refractivity contribution is -0.145. The molecule has 2 aliphatic heterocycles. The van der Waals surface area contributed by atoms with Gasteiger partial charge < -0.3 is 14.6 Å². The molecule has 0 saturated carbocycles. The van der Waals surface area contributed by atoms with Gasteiger partial charge in [-0.05, 0) is 44.4 Å². The van der Waals surface area contributed by atoms with Crippen LogP contribution in [0, 0.1) is 5.92 Å². The first-order valence-electron chi connectivity index (χ1n) is 8.52. The van der Waals surface area contributed by atoms with E-state index in [-0.39, 0.29) is 18.0 Å². The monoisotopic (exact) mass is 397 g/mol.